The third kappa shape index (κ3) is 9.14. The molecular formula is C65H55F2N4OPt-3. The van der Waals surface area contributed by atoms with Crippen LogP contribution in [-0.2, 0) is 21.1 Å². The maximum Gasteiger partial charge on any atom is 0.135 e. The Kier molecular flexibility index (Phi) is 11.5. The summed E-state index contributed by atoms with van der Waals surface area (Å²) >= 11 is 0. The molecule has 0 radical (unpaired) electrons. The summed E-state index contributed by atoms with van der Waals surface area (Å²) in [6, 6.07) is 54.2. The van der Waals surface area contributed by atoms with Gasteiger partial charge in [-0.2, -0.15) is 6.07 Å². The third-order valence-corrected chi connectivity index (χ3v) is 13.6. The van der Waals surface area contributed by atoms with Gasteiger partial charge in [-0.05, 0) is 142 Å². The molecule has 0 fully saturated rings. The first-order valence-corrected chi connectivity index (χ1v) is 24.3. The molecule has 1 aliphatic heterocycles. The molecule has 0 N–H and O–H groups in total. The molecule has 0 spiro atoms. The van der Waals surface area contributed by atoms with Crippen LogP contribution in [0.3, 0.4) is 0 Å². The molecule has 368 valence electrons. The van der Waals surface area contributed by atoms with Crippen molar-refractivity contribution in [1.29, 1.82) is 0 Å². The Morgan fingerprint density at radius 3 is 2.00 bits per heavy atom. The molecule has 0 bridgehead atoms. The molecule has 0 amide bonds. The molecular weight excluding hydrogens is 1090 g/mol. The van der Waals surface area contributed by atoms with Gasteiger partial charge in [0.25, 0.3) is 0 Å². The first kappa shape index (κ1) is 42.2. The second-order valence-electron chi connectivity index (χ2n) is 19.4. The molecule has 10 aromatic rings. The number of rotatable bonds is 11. The fraction of sp³-hybridized carbons (Fsp3) is 0.169. The fourth-order valence-electron chi connectivity index (χ4n) is 10.0. The standard InChI is InChI=1S/C65H55F2N4O.Pt/c1-39(2)45-21-26-60-62(34-45)70(65-56(40(3)4)32-47(33-57(65)41(5)6)53-24-22-49(66)35-58(53)67)38-69(60)50-30-48(64-42(7)28-46(29-43(64)8)44-16-10-9-11-17-44)31-52(36-50)72-51-23-25-55-54-18-12-13-19-59(54)71(61(55)37-51)63-20-14-15-27-68-63;/h9-35,38-41H,1-8H3;/q-3;/i7D3,8D3;. The first-order chi connectivity index (χ1) is 37.2. The minimum atomic E-state index is -2.77. The molecule has 0 unspecified atom stereocenters. The molecule has 5 nitrogen and oxygen atoms in total. The molecule has 0 atom stereocenters. The summed E-state index contributed by atoms with van der Waals surface area (Å²) in [5.74, 6) is -0.0985. The van der Waals surface area contributed by atoms with E-state index < -0.39 is 25.3 Å². The van der Waals surface area contributed by atoms with Crippen LogP contribution in [0.25, 0.3) is 61.0 Å². The summed E-state index contributed by atoms with van der Waals surface area (Å²) < 4.78 is 92.8. The predicted octanol–water partition coefficient (Wildman–Crippen LogP) is 18.2. The van der Waals surface area contributed by atoms with E-state index >= 15 is 4.39 Å². The monoisotopic (exact) mass is 1150 g/mol. The van der Waals surface area contributed by atoms with Gasteiger partial charge < -0.3 is 19.1 Å². The maximum absolute atomic E-state index is 15.6. The van der Waals surface area contributed by atoms with Crippen molar-refractivity contribution in [1.82, 2.24) is 9.55 Å². The van der Waals surface area contributed by atoms with Crippen molar-refractivity contribution in [3.8, 4) is 50.7 Å². The summed E-state index contributed by atoms with van der Waals surface area (Å²) in [4.78, 5) is 8.81. The fourth-order valence-corrected chi connectivity index (χ4v) is 10.0. The molecule has 0 saturated carbocycles. The van der Waals surface area contributed by atoms with Crippen LogP contribution in [0.1, 0.15) is 95.3 Å². The number of ether oxygens (including phenoxy) is 1. The average molecular weight is 1150 g/mol. The van der Waals surface area contributed by atoms with Gasteiger partial charge in [-0.15, -0.1) is 53.6 Å². The third-order valence-electron chi connectivity index (χ3n) is 13.6. The number of hydrogen-bond donors (Lipinski definition) is 0. The van der Waals surface area contributed by atoms with Gasteiger partial charge in [0.1, 0.15) is 17.5 Å². The van der Waals surface area contributed by atoms with E-state index in [9.17, 15) is 4.39 Å². The second-order valence-corrected chi connectivity index (χ2v) is 19.4. The second kappa shape index (κ2) is 19.9. The zero-order valence-electron chi connectivity index (χ0n) is 47.2. The van der Waals surface area contributed by atoms with Gasteiger partial charge in [0.2, 0.25) is 0 Å². The number of nitrogens with zero attached hydrogens (tertiary/aromatic N) is 4. The van der Waals surface area contributed by atoms with E-state index in [1.54, 1.807) is 30.5 Å². The minimum absolute atomic E-state index is 0. The van der Waals surface area contributed by atoms with Crippen molar-refractivity contribution in [2.24, 2.45) is 0 Å². The number of anilines is 4. The average Bonchev–Trinajstić information content (AvgIpc) is 4.04. The number of halogens is 2. The van der Waals surface area contributed by atoms with E-state index in [1.165, 1.54) is 12.1 Å². The summed E-state index contributed by atoms with van der Waals surface area (Å²) in [7, 11) is 0. The summed E-state index contributed by atoms with van der Waals surface area (Å²) in [6.07, 6.45) is 1.74. The van der Waals surface area contributed by atoms with Gasteiger partial charge >= 0.3 is 0 Å². The molecule has 0 saturated heterocycles. The molecule has 2 aromatic heterocycles. The number of aryl methyl sites for hydroxylation is 2. The Morgan fingerprint density at radius 1 is 0.589 bits per heavy atom. The van der Waals surface area contributed by atoms with Gasteiger partial charge in [0.15, 0.2) is 0 Å². The van der Waals surface area contributed by atoms with Gasteiger partial charge in [0, 0.05) is 81.2 Å². The van der Waals surface area contributed by atoms with E-state index in [2.05, 4.69) is 76.8 Å². The molecule has 1 aliphatic rings. The summed E-state index contributed by atoms with van der Waals surface area (Å²) in [5.41, 5.74) is 9.56. The van der Waals surface area contributed by atoms with E-state index in [0.29, 0.717) is 45.0 Å². The van der Waals surface area contributed by atoms with Crippen molar-refractivity contribution < 1.29 is 42.8 Å². The Labute approximate surface area is 450 Å². The van der Waals surface area contributed by atoms with Crippen LogP contribution in [0, 0.1) is 44.1 Å². The molecule has 3 heterocycles. The van der Waals surface area contributed by atoms with Crippen molar-refractivity contribution in [3.63, 3.8) is 0 Å². The van der Waals surface area contributed by atoms with Crippen molar-refractivity contribution >= 4 is 44.6 Å². The van der Waals surface area contributed by atoms with E-state index in [-0.39, 0.29) is 66.8 Å². The number of fused-ring (bicyclic) bond motifs is 4. The molecule has 11 rings (SSSR count). The summed E-state index contributed by atoms with van der Waals surface area (Å²) in [6.45, 7) is 9.06. The Balaban J connectivity index is 0.00000704. The topological polar surface area (TPSA) is 33.5 Å². The molecule has 8 heteroatoms. The SMILES string of the molecule is [2H]C([2H])([2H])c1cc(-c2ccccc2)cc(C([2H])([2H])[2H])c1-c1cc(Oc2[c-]c3c(cc2)c2ccccc2n3-c2ccccn2)[c-]c(N2[CH-]N(c3c(C(C)C)cc(-c4ccc(F)cc4F)cc3C(C)C)c3cc(C(C)C)ccc32)c1.[Pt]. The Morgan fingerprint density at radius 2 is 1.32 bits per heavy atom. The van der Waals surface area contributed by atoms with Crippen LogP contribution in [0.15, 0.2) is 164 Å². The smallest absolute Gasteiger partial charge is 0.135 e. The normalized spacial score (nSPS) is 14.0. The van der Waals surface area contributed by atoms with Crippen LogP contribution in [0.5, 0.6) is 11.5 Å². The minimum Gasteiger partial charge on any atom is -0.509 e. The van der Waals surface area contributed by atoms with Crippen LogP contribution in [0.4, 0.5) is 31.5 Å². The first-order valence-electron chi connectivity index (χ1n) is 27.3. The van der Waals surface area contributed by atoms with Crippen LogP contribution in [0.2, 0.25) is 0 Å². The van der Waals surface area contributed by atoms with Gasteiger partial charge in [-0.25, -0.2) is 13.8 Å². The quantitative estimate of drug-likeness (QED) is 0.121. The predicted molar refractivity (Wildman–Crippen MR) is 292 cm³/mol. The molecule has 73 heavy (non-hydrogen) atoms. The molecule has 0 aliphatic carbocycles. The van der Waals surface area contributed by atoms with Crippen LogP contribution in [-0.4, -0.2) is 9.55 Å². The van der Waals surface area contributed by atoms with Crippen molar-refractivity contribution in [2.45, 2.75) is 73.0 Å². The van der Waals surface area contributed by atoms with E-state index in [4.69, 9.17) is 17.9 Å². The van der Waals surface area contributed by atoms with Gasteiger partial charge in [-0.3, -0.25) is 0 Å². The van der Waals surface area contributed by atoms with Gasteiger partial charge in [-0.1, -0.05) is 120 Å². The van der Waals surface area contributed by atoms with E-state index in [1.807, 2.05) is 113 Å². The zero-order valence-corrected chi connectivity index (χ0v) is 43.4. The summed E-state index contributed by atoms with van der Waals surface area (Å²) in [5, 5.41) is 1.92. The number of hydrogen-bond acceptors (Lipinski definition) is 4. The van der Waals surface area contributed by atoms with Crippen LogP contribution >= 0.6 is 0 Å². The number of pyridine rings is 1. The van der Waals surface area contributed by atoms with Crippen molar-refractivity contribution in [3.05, 3.63) is 222 Å². The van der Waals surface area contributed by atoms with Gasteiger partial charge in [0.05, 0.1) is 0 Å². The largest absolute Gasteiger partial charge is 0.509 e. The van der Waals surface area contributed by atoms with Crippen LogP contribution < -0.4 is 14.5 Å². The number of benzene rings is 8. The van der Waals surface area contributed by atoms with Crippen molar-refractivity contribution in [2.75, 3.05) is 9.80 Å². The zero-order chi connectivity index (χ0) is 54.9. The Bertz CT molecular complexity index is 3870. The number of para-hydroxylation sites is 1. The number of aromatic nitrogens is 2. The van der Waals surface area contributed by atoms with E-state index in [0.717, 1.165) is 56.1 Å². The Hall–Kier alpha value is -7.34. The molecule has 8 aromatic carbocycles. The maximum atomic E-state index is 15.6.